The summed E-state index contributed by atoms with van der Waals surface area (Å²) in [5.41, 5.74) is 12.2. The first-order valence-corrected chi connectivity index (χ1v) is 22.0. The van der Waals surface area contributed by atoms with Crippen molar-refractivity contribution in [2.75, 3.05) is 0 Å². The van der Waals surface area contributed by atoms with E-state index in [1.165, 1.54) is 10.5 Å². The molecule has 0 saturated heterocycles. The fourth-order valence-electron chi connectivity index (χ4n) is 7.04. The minimum Gasteiger partial charge on any atom is -0.330 e. The van der Waals surface area contributed by atoms with Crippen LogP contribution in [0.2, 0.25) is 13.6 Å². The van der Waals surface area contributed by atoms with Crippen LogP contribution in [-0.2, 0) is 0 Å². The molecule has 0 saturated carbocycles. The van der Waals surface area contributed by atoms with Crippen molar-refractivity contribution < 1.29 is 0 Å². The topological polar surface area (TPSA) is 69.4 Å². The van der Waals surface area contributed by atoms with Crippen LogP contribution < -0.4 is 20.4 Å². The molecule has 0 N–H and O–H groups in total. The molecule has 0 aliphatic rings. The predicted octanol–water partition coefficient (Wildman–Crippen LogP) is 8.55. The number of aromatic nitrogens is 6. The number of nitrogens with zero attached hydrogens (tertiary/aromatic N) is 6. The van der Waals surface area contributed by atoms with Gasteiger partial charge in [-0.3, -0.25) is 4.98 Å². The highest BCUT2D eigenvalue weighted by atomic mass is 32.1. The van der Waals surface area contributed by atoms with E-state index in [-0.39, 0.29) is 0 Å². The molecule has 0 unspecified atom stereocenters. The molecule has 6 nitrogen and oxygen atoms in total. The molecule has 0 aliphatic carbocycles. The van der Waals surface area contributed by atoms with E-state index in [0.717, 1.165) is 85.1 Å². The zero-order valence-electron chi connectivity index (χ0n) is 36.8. The van der Waals surface area contributed by atoms with E-state index in [1.54, 1.807) is 28.7 Å². The molecule has 5 aromatic rings. The van der Waals surface area contributed by atoms with Crippen LogP contribution in [-0.4, -0.2) is 51.9 Å². The predicted molar refractivity (Wildman–Crippen MR) is 277 cm³/mol. The molecule has 1 aromatic carbocycles. The second kappa shape index (κ2) is 21.4. The summed E-state index contributed by atoms with van der Waals surface area (Å²) in [5, 5.41) is 1.57. The van der Waals surface area contributed by atoms with E-state index in [4.69, 9.17) is 24.9 Å². The van der Waals surface area contributed by atoms with Crippen LogP contribution in [0.15, 0.2) is 122 Å². The largest absolute Gasteiger partial charge is 0.330 e. The highest BCUT2D eigenvalue weighted by molar-refractivity contribution is 7.19. The summed E-state index contributed by atoms with van der Waals surface area (Å²) in [5.74, 6) is 3.73. The van der Waals surface area contributed by atoms with Gasteiger partial charge in [0, 0.05) is 48.0 Å². The molecular formula is C50H53B3N6S2. The molecular weight excluding hydrogens is 781 g/mol. The highest BCUT2D eigenvalue weighted by Gasteiger charge is 2.19. The van der Waals surface area contributed by atoms with Gasteiger partial charge in [0.15, 0.2) is 32.6 Å². The van der Waals surface area contributed by atoms with Gasteiger partial charge in [0.05, 0.1) is 11.0 Å². The Labute approximate surface area is 372 Å². The molecule has 61 heavy (non-hydrogen) atoms. The summed E-state index contributed by atoms with van der Waals surface area (Å²) in [7, 11) is 3.72. The van der Waals surface area contributed by atoms with Gasteiger partial charge in [-0.15, -0.1) is 28.6 Å². The average Bonchev–Trinajstić information content (AvgIpc) is 3.87. The van der Waals surface area contributed by atoms with E-state index >= 15 is 0 Å². The molecule has 5 rings (SSSR count). The van der Waals surface area contributed by atoms with Crippen molar-refractivity contribution in [3.05, 3.63) is 176 Å². The second-order valence-corrected chi connectivity index (χ2v) is 16.8. The molecule has 0 amide bonds. The SMILES string of the molecule is Bc1nc(/C=C(\C)n2c(C)c(/C=C\C=C)c(/C=C(C=C)/C(C)=C/C(=C\BC)c3n/c(=C/C(=C)c4nc(C(/C=C\C)=C/C=C)nc(-c5ccccc5)n4)c(=C)s3)c2BC)c(C)s1. The first-order valence-electron chi connectivity index (χ1n) is 20.4. The van der Waals surface area contributed by atoms with Crippen LogP contribution in [0, 0.1) is 13.8 Å². The van der Waals surface area contributed by atoms with Gasteiger partial charge in [-0.05, 0) is 86.8 Å². The number of hydrogen-bond acceptors (Lipinski definition) is 7. The summed E-state index contributed by atoms with van der Waals surface area (Å²) in [6.07, 6.45) is 24.0. The lowest BCUT2D eigenvalue weighted by molar-refractivity contribution is 1.01. The Kier molecular flexibility index (Phi) is 16.1. The molecule has 4 heterocycles. The number of aryl methyl sites for hydroxylation is 1. The minimum atomic E-state index is 0.454. The molecule has 11 heteroatoms. The maximum Gasteiger partial charge on any atom is 0.177 e. The standard InChI is InChI=1S/C50H53B3N6S2/c1-13-17-25-41-34(8)59(33(7)28-44-36(10)61-50(51)55-44)45(53-12)42(41)29-37(16-4)31(5)26-40(30-52-11)49-54-43(35(9)60-49)27-32(6)46-56-47(38(21-14-2)22-15-3)58-48(57-46)39-23-19-18-20-24-39/h13-30,52-53H,1-2,4,6,9,51H2,3,5,7-8,10-12H3/b22-15-,25-17-,31-26+,33-28+,37-29+,38-21+,40-30+,43-27+. The smallest absolute Gasteiger partial charge is 0.177 e. The Bertz CT molecular complexity index is 2820. The van der Waals surface area contributed by atoms with Crippen molar-refractivity contribution >= 4 is 109 Å². The lowest BCUT2D eigenvalue weighted by Gasteiger charge is -2.12. The van der Waals surface area contributed by atoms with Crippen molar-refractivity contribution in [1.82, 2.24) is 29.5 Å². The molecule has 0 radical (unpaired) electrons. The minimum absolute atomic E-state index is 0.454. The van der Waals surface area contributed by atoms with Gasteiger partial charge in [0.1, 0.15) is 12.3 Å². The van der Waals surface area contributed by atoms with E-state index in [1.807, 2.05) is 79.8 Å². The Morgan fingerprint density at radius 1 is 0.885 bits per heavy atom. The highest BCUT2D eigenvalue weighted by Crippen LogP contribution is 2.28. The maximum atomic E-state index is 5.11. The summed E-state index contributed by atoms with van der Waals surface area (Å²) >= 11 is 3.27. The van der Waals surface area contributed by atoms with Crippen molar-refractivity contribution in [3.63, 3.8) is 0 Å². The molecule has 4 aromatic heterocycles. The average molecular weight is 835 g/mol. The second-order valence-electron chi connectivity index (χ2n) is 14.3. The molecule has 304 valence electrons. The monoisotopic (exact) mass is 834 g/mol. The van der Waals surface area contributed by atoms with E-state index < -0.39 is 0 Å². The summed E-state index contributed by atoms with van der Waals surface area (Å²) < 4.78 is 3.18. The lowest BCUT2D eigenvalue weighted by Crippen LogP contribution is -2.24. The first-order chi connectivity index (χ1) is 29.4. The number of rotatable bonds is 17. The molecule has 0 bridgehead atoms. The van der Waals surface area contributed by atoms with E-state index in [2.05, 4.69) is 117 Å². The molecule has 0 fully saturated rings. The Hall–Kier alpha value is -6.16. The summed E-state index contributed by atoms with van der Waals surface area (Å²) in [6.45, 7) is 35.8. The third kappa shape index (κ3) is 11.0. The zero-order valence-corrected chi connectivity index (χ0v) is 38.5. The number of allylic oxidation sites excluding steroid dienone is 14. The Morgan fingerprint density at radius 2 is 1.62 bits per heavy atom. The van der Waals surface area contributed by atoms with Crippen LogP contribution in [0.1, 0.15) is 64.8 Å². The van der Waals surface area contributed by atoms with Crippen molar-refractivity contribution in [2.24, 2.45) is 0 Å². The fraction of sp³-hybridized carbons (Fsp3) is 0.140. The van der Waals surface area contributed by atoms with Crippen molar-refractivity contribution in [3.8, 4) is 11.4 Å². The maximum absolute atomic E-state index is 5.11. The van der Waals surface area contributed by atoms with Gasteiger partial charge in [-0.25, -0.2) is 19.9 Å². The fourth-order valence-corrected chi connectivity index (χ4v) is 8.68. The van der Waals surface area contributed by atoms with Gasteiger partial charge in [0.2, 0.25) is 0 Å². The van der Waals surface area contributed by atoms with Crippen LogP contribution in [0.3, 0.4) is 0 Å². The van der Waals surface area contributed by atoms with Crippen LogP contribution >= 0.6 is 22.7 Å². The third-order valence-electron chi connectivity index (χ3n) is 9.88. The van der Waals surface area contributed by atoms with Crippen LogP contribution in [0.4, 0.5) is 0 Å². The number of hydrogen-bond donors (Lipinski definition) is 0. The van der Waals surface area contributed by atoms with Crippen molar-refractivity contribution in [2.45, 2.75) is 48.3 Å². The van der Waals surface area contributed by atoms with Crippen LogP contribution in [0.5, 0.6) is 0 Å². The van der Waals surface area contributed by atoms with Crippen molar-refractivity contribution in [1.29, 1.82) is 0 Å². The quantitative estimate of drug-likeness (QED) is 0.0695. The summed E-state index contributed by atoms with van der Waals surface area (Å²) in [4.78, 5) is 26.7. The number of thiazole rings is 2. The zero-order chi connectivity index (χ0) is 44.2. The van der Waals surface area contributed by atoms with Gasteiger partial charge in [0.25, 0.3) is 0 Å². The Balaban J connectivity index is 1.58. The molecule has 0 atom stereocenters. The van der Waals surface area contributed by atoms with Crippen LogP contribution in [0.25, 0.3) is 64.7 Å². The molecule has 0 spiro atoms. The van der Waals surface area contributed by atoms with Gasteiger partial charge >= 0.3 is 0 Å². The van der Waals surface area contributed by atoms with E-state index in [9.17, 15) is 0 Å². The summed E-state index contributed by atoms with van der Waals surface area (Å²) in [6, 6.07) is 9.87. The lowest BCUT2D eigenvalue weighted by atomic mass is 9.74. The molecule has 0 aliphatic heterocycles. The Morgan fingerprint density at radius 3 is 2.25 bits per heavy atom. The van der Waals surface area contributed by atoms with Gasteiger partial charge < -0.3 is 4.57 Å². The van der Waals surface area contributed by atoms with Gasteiger partial charge in [-0.2, -0.15) is 0 Å². The van der Waals surface area contributed by atoms with E-state index in [0.29, 0.717) is 28.4 Å². The normalized spacial score (nSPS) is 13.4. The number of benzene rings is 1. The first kappa shape index (κ1) is 45.9. The third-order valence-corrected chi connectivity index (χ3v) is 11.8. The van der Waals surface area contributed by atoms with Gasteiger partial charge in [-0.1, -0.05) is 125 Å².